The molecule has 1 aliphatic carbocycles. The van der Waals surface area contributed by atoms with E-state index in [2.05, 4.69) is 5.32 Å². The van der Waals surface area contributed by atoms with Gasteiger partial charge in [-0.05, 0) is 50.4 Å². The third-order valence-electron chi connectivity index (χ3n) is 3.88. The first-order chi connectivity index (χ1) is 9.55. The summed E-state index contributed by atoms with van der Waals surface area (Å²) >= 11 is 0. The normalized spacial score (nSPS) is 25.6. The summed E-state index contributed by atoms with van der Waals surface area (Å²) in [6.07, 6.45) is 2.82. The maximum Gasteiger partial charge on any atom is 0.324 e. The molecule has 0 heterocycles. The molecule has 0 bridgehead atoms. The molecule has 2 N–H and O–H groups in total. The second-order valence-corrected chi connectivity index (χ2v) is 5.61. The van der Waals surface area contributed by atoms with Crippen LogP contribution in [0.3, 0.4) is 0 Å². The smallest absolute Gasteiger partial charge is 0.324 e. The van der Waals surface area contributed by atoms with Gasteiger partial charge in [0.1, 0.15) is 17.4 Å². The fourth-order valence-corrected chi connectivity index (χ4v) is 2.78. The number of carboxylic acids is 1. The molecule has 20 heavy (non-hydrogen) atoms. The number of benzene rings is 1. The molecule has 2 rings (SSSR count). The van der Waals surface area contributed by atoms with E-state index in [1.54, 1.807) is 0 Å². The van der Waals surface area contributed by atoms with Crippen LogP contribution in [0.15, 0.2) is 24.3 Å². The van der Waals surface area contributed by atoms with Crippen LogP contribution >= 0.6 is 0 Å². The van der Waals surface area contributed by atoms with Crippen LogP contribution in [0, 0.1) is 6.92 Å². The molecule has 4 nitrogen and oxygen atoms in total. The molecule has 110 valence electrons. The molecule has 1 aromatic carbocycles. The van der Waals surface area contributed by atoms with Crippen LogP contribution in [0.4, 0.5) is 0 Å². The van der Waals surface area contributed by atoms with Gasteiger partial charge in [0.2, 0.25) is 0 Å². The molecule has 1 aromatic rings. The molecule has 0 radical (unpaired) electrons. The number of hydrogen-bond acceptors (Lipinski definition) is 3. The molecule has 4 heteroatoms. The Bertz CT molecular complexity index is 475. The molecule has 1 fully saturated rings. The van der Waals surface area contributed by atoms with Gasteiger partial charge < -0.3 is 15.2 Å². The van der Waals surface area contributed by atoms with Crippen molar-refractivity contribution in [3.05, 3.63) is 29.8 Å². The van der Waals surface area contributed by atoms with Crippen molar-refractivity contribution in [2.24, 2.45) is 0 Å². The average molecular weight is 277 g/mol. The van der Waals surface area contributed by atoms with Gasteiger partial charge in [0.05, 0.1) is 0 Å². The largest absolute Gasteiger partial charge is 0.490 e. The monoisotopic (exact) mass is 277 g/mol. The zero-order chi connectivity index (χ0) is 14.6. The number of ether oxygens (including phenoxy) is 1. The molecule has 0 spiro atoms. The maximum absolute atomic E-state index is 11.6. The lowest BCUT2D eigenvalue weighted by molar-refractivity contribution is -0.144. The van der Waals surface area contributed by atoms with Crippen LogP contribution in [0.25, 0.3) is 0 Å². The number of hydrogen-bond donors (Lipinski definition) is 2. The number of carboxylic acid groups (broad SMARTS) is 1. The lowest BCUT2D eigenvalue weighted by Gasteiger charge is -2.25. The summed E-state index contributed by atoms with van der Waals surface area (Å²) < 4.78 is 5.94. The van der Waals surface area contributed by atoms with E-state index in [0.29, 0.717) is 12.8 Å². The molecule has 0 saturated heterocycles. The molecular weight excluding hydrogens is 254 g/mol. The highest BCUT2D eigenvalue weighted by Gasteiger charge is 2.46. The van der Waals surface area contributed by atoms with Gasteiger partial charge in [0.15, 0.2) is 0 Å². The van der Waals surface area contributed by atoms with Crippen LogP contribution in [0.1, 0.15) is 38.2 Å². The van der Waals surface area contributed by atoms with E-state index < -0.39 is 11.5 Å². The van der Waals surface area contributed by atoms with Crippen molar-refractivity contribution in [2.75, 3.05) is 6.54 Å². The summed E-state index contributed by atoms with van der Waals surface area (Å²) in [7, 11) is 0. The van der Waals surface area contributed by atoms with Crippen molar-refractivity contribution >= 4 is 5.97 Å². The Hall–Kier alpha value is -1.55. The van der Waals surface area contributed by atoms with Gasteiger partial charge in [-0.25, -0.2) is 0 Å². The minimum absolute atomic E-state index is 0.0303. The first-order valence-electron chi connectivity index (χ1n) is 7.27. The van der Waals surface area contributed by atoms with Crippen LogP contribution in [0.5, 0.6) is 5.75 Å². The fourth-order valence-electron chi connectivity index (χ4n) is 2.78. The number of nitrogens with one attached hydrogen (secondary N) is 1. The summed E-state index contributed by atoms with van der Waals surface area (Å²) in [6, 6.07) is 7.89. The number of rotatable bonds is 6. The number of aryl methyl sites for hydroxylation is 1. The number of aliphatic carboxylic acids is 1. The average Bonchev–Trinajstić information content (AvgIpc) is 2.81. The maximum atomic E-state index is 11.6. The fraction of sp³-hybridized carbons (Fsp3) is 0.562. The van der Waals surface area contributed by atoms with E-state index in [-0.39, 0.29) is 6.10 Å². The second kappa shape index (κ2) is 6.27. The summed E-state index contributed by atoms with van der Waals surface area (Å²) in [6.45, 7) is 4.79. The van der Waals surface area contributed by atoms with E-state index in [4.69, 9.17) is 4.74 Å². The van der Waals surface area contributed by atoms with Crippen molar-refractivity contribution < 1.29 is 14.6 Å². The lowest BCUT2D eigenvalue weighted by atomic mass is 9.97. The number of carbonyl (C=O) groups is 1. The van der Waals surface area contributed by atoms with Gasteiger partial charge in [0, 0.05) is 6.42 Å². The molecule has 0 amide bonds. The van der Waals surface area contributed by atoms with Crippen LogP contribution in [-0.4, -0.2) is 29.3 Å². The first-order valence-corrected chi connectivity index (χ1v) is 7.27. The van der Waals surface area contributed by atoms with Gasteiger partial charge in [-0.2, -0.15) is 0 Å². The Kier molecular flexibility index (Phi) is 4.65. The Morgan fingerprint density at radius 3 is 3.00 bits per heavy atom. The van der Waals surface area contributed by atoms with Gasteiger partial charge in [-0.15, -0.1) is 0 Å². The predicted molar refractivity (Wildman–Crippen MR) is 78.1 cm³/mol. The van der Waals surface area contributed by atoms with E-state index in [1.807, 2.05) is 38.1 Å². The van der Waals surface area contributed by atoms with Gasteiger partial charge >= 0.3 is 5.97 Å². The van der Waals surface area contributed by atoms with E-state index >= 15 is 0 Å². The van der Waals surface area contributed by atoms with Crippen LogP contribution in [0.2, 0.25) is 0 Å². The Labute approximate surface area is 120 Å². The highest BCUT2D eigenvalue weighted by atomic mass is 16.5. The Morgan fingerprint density at radius 2 is 2.35 bits per heavy atom. The first kappa shape index (κ1) is 14.9. The summed E-state index contributed by atoms with van der Waals surface area (Å²) in [5, 5.41) is 12.7. The quantitative estimate of drug-likeness (QED) is 0.839. The second-order valence-electron chi connectivity index (χ2n) is 5.61. The van der Waals surface area contributed by atoms with E-state index in [1.165, 1.54) is 0 Å². The SMILES string of the molecule is CCCNC1(C(=O)O)CCC(Oc2cccc(C)c2)C1. The van der Waals surface area contributed by atoms with E-state index in [0.717, 1.165) is 30.7 Å². The van der Waals surface area contributed by atoms with Crippen molar-refractivity contribution in [3.8, 4) is 5.75 Å². The highest BCUT2D eigenvalue weighted by Crippen LogP contribution is 2.33. The van der Waals surface area contributed by atoms with Crippen molar-refractivity contribution in [1.29, 1.82) is 0 Å². The third kappa shape index (κ3) is 3.31. The predicted octanol–water partition coefficient (Wildman–Crippen LogP) is 2.75. The van der Waals surface area contributed by atoms with E-state index in [9.17, 15) is 9.90 Å². The third-order valence-corrected chi connectivity index (χ3v) is 3.88. The van der Waals surface area contributed by atoms with Crippen molar-refractivity contribution in [2.45, 2.75) is 51.2 Å². The van der Waals surface area contributed by atoms with Crippen molar-refractivity contribution in [1.82, 2.24) is 5.32 Å². The molecule has 0 aliphatic heterocycles. The molecule has 2 unspecified atom stereocenters. The minimum atomic E-state index is -0.815. The lowest BCUT2D eigenvalue weighted by Crippen LogP contribution is -2.50. The summed E-state index contributed by atoms with van der Waals surface area (Å²) in [4.78, 5) is 11.6. The minimum Gasteiger partial charge on any atom is -0.490 e. The highest BCUT2D eigenvalue weighted by molar-refractivity contribution is 5.79. The Morgan fingerprint density at radius 1 is 1.55 bits per heavy atom. The zero-order valence-electron chi connectivity index (χ0n) is 12.2. The van der Waals surface area contributed by atoms with Crippen LogP contribution in [-0.2, 0) is 4.79 Å². The summed E-state index contributed by atoms with van der Waals surface area (Å²) in [5.74, 6) is 0.0629. The molecular formula is C16H23NO3. The Balaban J connectivity index is 2.01. The summed E-state index contributed by atoms with van der Waals surface area (Å²) in [5.41, 5.74) is 0.332. The topological polar surface area (TPSA) is 58.6 Å². The molecule has 1 aliphatic rings. The van der Waals surface area contributed by atoms with Gasteiger partial charge in [-0.1, -0.05) is 19.1 Å². The van der Waals surface area contributed by atoms with Gasteiger partial charge in [0.25, 0.3) is 0 Å². The zero-order valence-corrected chi connectivity index (χ0v) is 12.2. The van der Waals surface area contributed by atoms with Crippen LogP contribution < -0.4 is 10.1 Å². The molecule has 1 saturated carbocycles. The molecule has 2 atom stereocenters. The van der Waals surface area contributed by atoms with Crippen molar-refractivity contribution in [3.63, 3.8) is 0 Å². The molecule has 0 aromatic heterocycles. The standard InChI is InChI=1S/C16H23NO3/c1-3-9-17-16(15(18)19)8-7-14(11-16)20-13-6-4-5-12(2)10-13/h4-6,10,14,17H,3,7-9,11H2,1-2H3,(H,18,19). The van der Waals surface area contributed by atoms with Gasteiger partial charge in [-0.3, -0.25) is 4.79 Å².